The van der Waals surface area contributed by atoms with Gasteiger partial charge in [-0.05, 0) is 25.3 Å². The quantitative estimate of drug-likeness (QED) is 0.536. The molecule has 2 heteroatoms. The van der Waals surface area contributed by atoms with Gasteiger partial charge in [-0.1, -0.05) is 32.4 Å². The van der Waals surface area contributed by atoms with Crippen LogP contribution in [0.3, 0.4) is 0 Å². The van der Waals surface area contributed by atoms with E-state index in [-0.39, 0.29) is 0 Å². The molecule has 0 aromatic heterocycles. The Balaban J connectivity index is 4.77. The molecule has 0 aromatic rings. The summed E-state index contributed by atoms with van der Waals surface area (Å²) in [6.07, 6.45) is 4.30. The van der Waals surface area contributed by atoms with Gasteiger partial charge in [0.2, 0.25) is 0 Å². The van der Waals surface area contributed by atoms with Crippen LogP contribution in [-0.4, -0.2) is 11.1 Å². The standard InChI is InChI=1S/C11H18O2/c1-5-9(8(3)4)7-10(6-2)11(12)13/h6-8H,5H2,1-4H3,(H,12,13)/b9-7+,10-6+. The first kappa shape index (κ1) is 11.9. The minimum absolute atomic E-state index is 0.380. The second-order valence-corrected chi connectivity index (χ2v) is 3.28. The van der Waals surface area contributed by atoms with Crippen molar-refractivity contribution in [2.45, 2.75) is 34.1 Å². The molecule has 0 bridgehead atoms. The van der Waals surface area contributed by atoms with Gasteiger partial charge >= 0.3 is 5.97 Å². The van der Waals surface area contributed by atoms with Crippen LogP contribution in [0.25, 0.3) is 0 Å². The molecule has 0 aliphatic rings. The number of carboxylic acid groups (broad SMARTS) is 1. The van der Waals surface area contributed by atoms with Crippen LogP contribution in [0.15, 0.2) is 23.3 Å². The Kier molecular flexibility index (Phi) is 5.12. The molecule has 1 N–H and O–H groups in total. The van der Waals surface area contributed by atoms with Gasteiger partial charge in [-0.15, -0.1) is 0 Å². The van der Waals surface area contributed by atoms with Crippen molar-refractivity contribution in [3.63, 3.8) is 0 Å². The van der Waals surface area contributed by atoms with Crippen molar-refractivity contribution in [2.75, 3.05) is 0 Å². The van der Waals surface area contributed by atoms with E-state index in [0.717, 1.165) is 6.42 Å². The average molecular weight is 182 g/mol. The molecule has 13 heavy (non-hydrogen) atoms. The van der Waals surface area contributed by atoms with E-state index in [1.165, 1.54) is 5.57 Å². The maximum Gasteiger partial charge on any atom is 0.335 e. The highest BCUT2D eigenvalue weighted by Gasteiger charge is 2.06. The molecule has 0 fully saturated rings. The molecule has 2 nitrogen and oxygen atoms in total. The molecule has 0 aliphatic carbocycles. The van der Waals surface area contributed by atoms with Gasteiger partial charge in [-0.3, -0.25) is 0 Å². The third kappa shape index (κ3) is 3.92. The van der Waals surface area contributed by atoms with Crippen LogP contribution in [0, 0.1) is 5.92 Å². The zero-order valence-electron chi connectivity index (χ0n) is 8.79. The summed E-state index contributed by atoms with van der Waals surface area (Å²) in [6, 6.07) is 0. The van der Waals surface area contributed by atoms with Crippen LogP contribution in [0.5, 0.6) is 0 Å². The second kappa shape index (κ2) is 5.57. The lowest BCUT2D eigenvalue weighted by Crippen LogP contribution is -2.01. The lowest BCUT2D eigenvalue weighted by atomic mass is 9.98. The van der Waals surface area contributed by atoms with Gasteiger partial charge in [0.25, 0.3) is 0 Å². The van der Waals surface area contributed by atoms with E-state index in [1.54, 1.807) is 19.1 Å². The molecule has 0 atom stereocenters. The van der Waals surface area contributed by atoms with Gasteiger partial charge in [-0.25, -0.2) is 4.79 Å². The van der Waals surface area contributed by atoms with Crippen LogP contribution < -0.4 is 0 Å². The summed E-state index contributed by atoms with van der Waals surface area (Å²) in [5.41, 5.74) is 1.56. The molecular formula is C11H18O2. The van der Waals surface area contributed by atoms with E-state index in [9.17, 15) is 4.79 Å². The molecule has 0 aromatic carbocycles. The van der Waals surface area contributed by atoms with Gasteiger partial charge in [0.1, 0.15) is 0 Å². The summed E-state index contributed by atoms with van der Waals surface area (Å²) >= 11 is 0. The molecule has 74 valence electrons. The average Bonchev–Trinajstić information content (AvgIpc) is 2.05. The Bertz CT molecular complexity index is 234. The molecule has 0 radical (unpaired) electrons. The van der Waals surface area contributed by atoms with Gasteiger partial charge in [0, 0.05) is 0 Å². The minimum Gasteiger partial charge on any atom is -0.478 e. The molecule has 0 rings (SSSR count). The number of rotatable bonds is 4. The fourth-order valence-corrected chi connectivity index (χ4v) is 1.15. The topological polar surface area (TPSA) is 37.3 Å². The van der Waals surface area contributed by atoms with Gasteiger partial charge in [0.15, 0.2) is 0 Å². The minimum atomic E-state index is -0.853. The Morgan fingerprint density at radius 2 is 2.00 bits per heavy atom. The van der Waals surface area contributed by atoms with E-state index in [4.69, 9.17) is 5.11 Å². The van der Waals surface area contributed by atoms with E-state index in [2.05, 4.69) is 13.8 Å². The number of allylic oxidation sites excluding steroid dienone is 2. The van der Waals surface area contributed by atoms with Crippen LogP contribution >= 0.6 is 0 Å². The maximum atomic E-state index is 10.7. The van der Waals surface area contributed by atoms with E-state index in [1.807, 2.05) is 6.92 Å². The highest BCUT2D eigenvalue weighted by atomic mass is 16.4. The van der Waals surface area contributed by atoms with Crippen molar-refractivity contribution in [3.8, 4) is 0 Å². The predicted octanol–water partition coefficient (Wildman–Crippen LogP) is 3.01. The molecule has 0 heterocycles. The van der Waals surface area contributed by atoms with Crippen molar-refractivity contribution < 1.29 is 9.90 Å². The summed E-state index contributed by atoms with van der Waals surface area (Å²) in [6.45, 7) is 7.93. The first-order valence-corrected chi connectivity index (χ1v) is 4.63. The van der Waals surface area contributed by atoms with E-state index in [0.29, 0.717) is 11.5 Å². The predicted molar refractivity (Wildman–Crippen MR) is 54.6 cm³/mol. The zero-order chi connectivity index (χ0) is 10.4. The number of hydrogen-bond acceptors (Lipinski definition) is 1. The first-order valence-electron chi connectivity index (χ1n) is 4.63. The van der Waals surface area contributed by atoms with Crippen LogP contribution in [0.1, 0.15) is 34.1 Å². The summed E-state index contributed by atoms with van der Waals surface area (Å²) in [5, 5.41) is 8.79. The van der Waals surface area contributed by atoms with Crippen molar-refractivity contribution in [3.05, 3.63) is 23.3 Å². The molecular weight excluding hydrogens is 164 g/mol. The van der Waals surface area contributed by atoms with Gasteiger partial charge < -0.3 is 5.11 Å². The second-order valence-electron chi connectivity index (χ2n) is 3.28. The first-order chi connectivity index (χ1) is 6.02. The van der Waals surface area contributed by atoms with Crippen molar-refractivity contribution >= 4 is 5.97 Å². The van der Waals surface area contributed by atoms with Gasteiger partial charge in [-0.2, -0.15) is 0 Å². The Morgan fingerprint density at radius 3 is 2.23 bits per heavy atom. The van der Waals surface area contributed by atoms with Crippen molar-refractivity contribution in [1.29, 1.82) is 0 Å². The van der Waals surface area contributed by atoms with Crippen LogP contribution in [-0.2, 0) is 4.79 Å². The lowest BCUT2D eigenvalue weighted by molar-refractivity contribution is -0.132. The molecule has 0 saturated heterocycles. The van der Waals surface area contributed by atoms with E-state index >= 15 is 0 Å². The summed E-state index contributed by atoms with van der Waals surface area (Å²) in [5.74, 6) is -0.437. The molecule has 0 spiro atoms. The van der Waals surface area contributed by atoms with Crippen LogP contribution in [0.4, 0.5) is 0 Å². The third-order valence-electron chi connectivity index (χ3n) is 2.05. The Hall–Kier alpha value is -1.05. The number of carbonyl (C=O) groups is 1. The van der Waals surface area contributed by atoms with Crippen LogP contribution in [0.2, 0.25) is 0 Å². The van der Waals surface area contributed by atoms with Gasteiger partial charge in [0.05, 0.1) is 5.57 Å². The lowest BCUT2D eigenvalue weighted by Gasteiger charge is -2.08. The third-order valence-corrected chi connectivity index (χ3v) is 2.05. The normalized spacial score (nSPS) is 13.6. The number of carboxylic acids is 1. The van der Waals surface area contributed by atoms with Crippen molar-refractivity contribution in [1.82, 2.24) is 0 Å². The van der Waals surface area contributed by atoms with Crippen molar-refractivity contribution in [2.24, 2.45) is 5.92 Å². The molecule has 0 aliphatic heterocycles. The molecule has 0 saturated carbocycles. The number of aliphatic carboxylic acids is 1. The maximum absolute atomic E-state index is 10.7. The highest BCUT2D eigenvalue weighted by molar-refractivity contribution is 5.89. The van der Waals surface area contributed by atoms with E-state index < -0.39 is 5.97 Å². The largest absolute Gasteiger partial charge is 0.478 e. The monoisotopic (exact) mass is 182 g/mol. The summed E-state index contributed by atoms with van der Waals surface area (Å²) in [7, 11) is 0. The molecule has 0 unspecified atom stereocenters. The smallest absolute Gasteiger partial charge is 0.335 e. The Labute approximate surface area is 80.0 Å². The zero-order valence-corrected chi connectivity index (χ0v) is 8.79. The molecule has 0 amide bonds. The SMILES string of the molecule is C/C=C(\C=C(/CC)C(C)C)C(=O)O. The Morgan fingerprint density at radius 1 is 1.46 bits per heavy atom. The fourth-order valence-electron chi connectivity index (χ4n) is 1.15. The number of hydrogen-bond donors (Lipinski definition) is 1. The summed E-state index contributed by atoms with van der Waals surface area (Å²) < 4.78 is 0. The summed E-state index contributed by atoms with van der Waals surface area (Å²) in [4.78, 5) is 10.7. The highest BCUT2D eigenvalue weighted by Crippen LogP contribution is 2.15. The fraction of sp³-hybridized carbons (Fsp3) is 0.545.